The first-order valence-corrected chi connectivity index (χ1v) is 3.57. The molecule has 15 heavy (non-hydrogen) atoms. The normalized spacial score (nSPS) is 10.8. The van der Waals surface area contributed by atoms with Crippen LogP contribution >= 0.6 is 0 Å². The molecule has 4 nitrogen and oxygen atoms in total. The number of rotatable bonds is 1. The number of aromatic nitrogens is 1. The van der Waals surface area contributed by atoms with Gasteiger partial charge in [0, 0.05) is 0 Å². The largest absolute Gasteiger partial charge is 0.478 e. The van der Waals surface area contributed by atoms with E-state index in [9.17, 15) is 18.0 Å². The average Bonchev–Trinajstić information content (AvgIpc) is 2.15. The maximum Gasteiger partial charge on any atom is 0.433 e. The summed E-state index contributed by atoms with van der Waals surface area (Å²) in [6.07, 6.45) is -4.77. The summed E-state index contributed by atoms with van der Waals surface area (Å²) in [7, 11) is 0. The number of aromatic carboxylic acids is 1. The molecule has 0 spiro atoms. The maximum atomic E-state index is 12.2. The Morgan fingerprint density at radius 1 is 1.47 bits per heavy atom. The van der Waals surface area contributed by atoms with Gasteiger partial charge in [-0.15, -0.1) is 0 Å². The lowest BCUT2D eigenvalue weighted by Crippen LogP contribution is -2.11. The Bertz CT molecular complexity index is 448. The maximum absolute atomic E-state index is 12.2. The van der Waals surface area contributed by atoms with Crippen molar-refractivity contribution in [2.75, 3.05) is 0 Å². The molecule has 0 amide bonds. The molecule has 0 saturated carbocycles. The van der Waals surface area contributed by atoms with E-state index in [-0.39, 0.29) is 0 Å². The highest BCUT2D eigenvalue weighted by Crippen LogP contribution is 2.28. The molecule has 1 rings (SSSR count). The third-order valence-electron chi connectivity index (χ3n) is 1.48. The molecule has 0 atom stereocenters. The van der Waals surface area contributed by atoms with E-state index in [2.05, 4.69) is 4.98 Å². The second-order valence-electron chi connectivity index (χ2n) is 2.54. The summed E-state index contributed by atoms with van der Waals surface area (Å²) in [5, 5.41) is 16.9. The zero-order valence-electron chi connectivity index (χ0n) is 7.04. The van der Waals surface area contributed by atoms with Gasteiger partial charge in [-0.1, -0.05) is 0 Å². The van der Waals surface area contributed by atoms with E-state index >= 15 is 0 Å². The van der Waals surface area contributed by atoms with Crippen LogP contribution in [0, 0.1) is 11.3 Å². The highest BCUT2D eigenvalue weighted by atomic mass is 19.4. The van der Waals surface area contributed by atoms with Crippen LogP contribution in [0.25, 0.3) is 0 Å². The minimum atomic E-state index is -4.77. The number of alkyl halides is 3. The van der Waals surface area contributed by atoms with E-state index in [0.29, 0.717) is 6.07 Å². The number of nitrogens with zero attached hydrogens (tertiary/aromatic N) is 2. The predicted molar refractivity (Wildman–Crippen MR) is 40.9 cm³/mol. The van der Waals surface area contributed by atoms with Gasteiger partial charge in [0.15, 0.2) is 0 Å². The summed E-state index contributed by atoms with van der Waals surface area (Å²) in [4.78, 5) is 13.4. The Balaban J connectivity index is 3.38. The van der Waals surface area contributed by atoms with E-state index in [0.717, 1.165) is 6.07 Å². The molecule has 78 valence electrons. The third-order valence-corrected chi connectivity index (χ3v) is 1.48. The van der Waals surface area contributed by atoms with Crippen LogP contribution in [0.4, 0.5) is 13.2 Å². The van der Waals surface area contributed by atoms with Gasteiger partial charge in [-0.05, 0) is 12.1 Å². The predicted octanol–water partition coefficient (Wildman–Crippen LogP) is 1.67. The fraction of sp³-hybridized carbons (Fsp3) is 0.125. The van der Waals surface area contributed by atoms with Gasteiger partial charge in [0.25, 0.3) is 0 Å². The molecule has 0 aliphatic heterocycles. The van der Waals surface area contributed by atoms with Crippen LogP contribution in [0.15, 0.2) is 12.1 Å². The molecule has 0 aliphatic carbocycles. The SMILES string of the molecule is N#Cc1cc(C(=O)O)cc(C(F)(F)F)n1. The molecule has 0 radical (unpaired) electrons. The van der Waals surface area contributed by atoms with Gasteiger partial charge < -0.3 is 5.11 Å². The van der Waals surface area contributed by atoms with Crippen molar-refractivity contribution in [2.24, 2.45) is 0 Å². The van der Waals surface area contributed by atoms with Crippen LogP contribution in [-0.4, -0.2) is 16.1 Å². The fourth-order valence-corrected chi connectivity index (χ4v) is 0.857. The topological polar surface area (TPSA) is 74.0 Å². The Hall–Kier alpha value is -2.10. The Labute approximate surface area is 81.6 Å². The standard InChI is InChI=1S/C8H3F3N2O2/c9-8(10,11)6-2-4(7(14)15)1-5(3-12)13-6/h1-2H,(H,14,15). The first-order chi connectivity index (χ1) is 6.84. The van der Waals surface area contributed by atoms with E-state index in [4.69, 9.17) is 10.4 Å². The van der Waals surface area contributed by atoms with Gasteiger partial charge in [0.2, 0.25) is 0 Å². The summed E-state index contributed by atoms with van der Waals surface area (Å²) in [6.45, 7) is 0. The molecule has 1 N–H and O–H groups in total. The summed E-state index contributed by atoms with van der Waals surface area (Å²) in [5.41, 5.74) is -2.59. The molecular formula is C8H3F3N2O2. The van der Waals surface area contributed by atoms with Crippen molar-refractivity contribution in [3.05, 3.63) is 29.1 Å². The van der Waals surface area contributed by atoms with Crippen molar-refractivity contribution in [2.45, 2.75) is 6.18 Å². The van der Waals surface area contributed by atoms with Crippen LogP contribution in [0.5, 0.6) is 0 Å². The second kappa shape index (κ2) is 3.57. The van der Waals surface area contributed by atoms with Crippen molar-refractivity contribution in [3.63, 3.8) is 0 Å². The fourth-order valence-electron chi connectivity index (χ4n) is 0.857. The van der Waals surface area contributed by atoms with Crippen LogP contribution in [0.1, 0.15) is 21.7 Å². The molecule has 0 bridgehead atoms. The van der Waals surface area contributed by atoms with Gasteiger partial charge in [-0.2, -0.15) is 18.4 Å². The molecule has 7 heteroatoms. The van der Waals surface area contributed by atoms with Gasteiger partial charge in [-0.25, -0.2) is 9.78 Å². The molecule has 0 fully saturated rings. The summed E-state index contributed by atoms with van der Waals surface area (Å²) in [5.74, 6) is -1.54. The second-order valence-corrected chi connectivity index (χ2v) is 2.54. The zero-order valence-corrected chi connectivity index (χ0v) is 7.04. The molecule has 0 unspecified atom stereocenters. The highest BCUT2D eigenvalue weighted by Gasteiger charge is 2.33. The number of carboxylic acids is 1. The summed E-state index contributed by atoms with van der Waals surface area (Å²) >= 11 is 0. The van der Waals surface area contributed by atoms with Crippen molar-refractivity contribution in [1.82, 2.24) is 4.98 Å². The monoisotopic (exact) mass is 216 g/mol. The van der Waals surface area contributed by atoms with Crippen molar-refractivity contribution in [3.8, 4) is 6.07 Å². The number of hydrogen-bond donors (Lipinski definition) is 1. The molecule has 0 aliphatic rings. The van der Waals surface area contributed by atoms with Crippen molar-refractivity contribution >= 4 is 5.97 Å². The first kappa shape index (κ1) is 11.0. The lowest BCUT2D eigenvalue weighted by Gasteiger charge is -2.06. The molecule has 0 aromatic carbocycles. The molecule has 0 saturated heterocycles. The van der Waals surface area contributed by atoms with E-state index in [1.165, 1.54) is 6.07 Å². The van der Waals surface area contributed by atoms with Gasteiger partial charge in [-0.3, -0.25) is 0 Å². The quantitative estimate of drug-likeness (QED) is 0.774. The minimum Gasteiger partial charge on any atom is -0.478 e. The number of hydrogen-bond acceptors (Lipinski definition) is 3. The summed E-state index contributed by atoms with van der Waals surface area (Å²) < 4.78 is 36.5. The number of carbonyl (C=O) groups is 1. The Morgan fingerprint density at radius 2 is 2.07 bits per heavy atom. The van der Waals surface area contributed by atoms with Crippen molar-refractivity contribution < 1.29 is 23.1 Å². The number of nitriles is 1. The minimum absolute atomic E-state index is 0.378. The van der Waals surface area contributed by atoms with E-state index < -0.39 is 29.1 Å². The van der Waals surface area contributed by atoms with Crippen LogP contribution < -0.4 is 0 Å². The van der Waals surface area contributed by atoms with Crippen LogP contribution in [0.2, 0.25) is 0 Å². The highest BCUT2D eigenvalue weighted by molar-refractivity contribution is 5.88. The third kappa shape index (κ3) is 2.43. The number of halogens is 3. The lowest BCUT2D eigenvalue weighted by molar-refractivity contribution is -0.141. The molecular weight excluding hydrogens is 213 g/mol. The van der Waals surface area contributed by atoms with Crippen LogP contribution in [-0.2, 0) is 6.18 Å². The summed E-state index contributed by atoms with van der Waals surface area (Å²) in [6, 6.07) is 2.51. The first-order valence-electron chi connectivity index (χ1n) is 3.57. The van der Waals surface area contributed by atoms with E-state index in [1.54, 1.807) is 0 Å². The smallest absolute Gasteiger partial charge is 0.433 e. The Kier molecular flexibility index (Phi) is 2.61. The Morgan fingerprint density at radius 3 is 2.47 bits per heavy atom. The lowest BCUT2D eigenvalue weighted by atomic mass is 10.2. The number of pyridine rings is 1. The molecule has 1 aromatic heterocycles. The molecule has 1 aromatic rings. The van der Waals surface area contributed by atoms with E-state index in [1.807, 2.05) is 0 Å². The zero-order chi connectivity index (χ0) is 11.6. The molecule has 1 heterocycles. The van der Waals surface area contributed by atoms with Gasteiger partial charge in [0.05, 0.1) is 5.56 Å². The number of carboxylic acid groups (broad SMARTS) is 1. The van der Waals surface area contributed by atoms with Crippen LogP contribution in [0.3, 0.4) is 0 Å². The van der Waals surface area contributed by atoms with Gasteiger partial charge in [0.1, 0.15) is 17.5 Å². The average molecular weight is 216 g/mol. The van der Waals surface area contributed by atoms with Crippen molar-refractivity contribution in [1.29, 1.82) is 5.26 Å². The van der Waals surface area contributed by atoms with Gasteiger partial charge >= 0.3 is 12.1 Å².